The van der Waals surface area contributed by atoms with Gasteiger partial charge in [0.1, 0.15) is 0 Å². The third-order valence-electron chi connectivity index (χ3n) is 3.14. The standard InChI is InChI=1S/C15H21N3O/c1-2-8-16-13-14-6-5-10-17(14)11-12-18-9-4-3-7-15(18)19/h3-7,9-10,16H,2,8,11-13H2,1H3. The predicted molar refractivity (Wildman–Crippen MR) is 77.1 cm³/mol. The Hall–Kier alpha value is -1.81. The molecule has 0 amide bonds. The number of rotatable bonds is 7. The van der Waals surface area contributed by atoms with Crippen molar-refractivity contribution in [3.63, 3.8) is 0 Å². The van der Waals surface area contributed by atoms with E-state index in [0.717, 1.165) is 26.1 Å². The molecule has 4 heteroatoms. The highest BCUT2D eigenvalue weighted by Crippen LogP contribution is 2.02. The van der Waals surface area contributed by atoms with Crippen molar-refractivity contribution in [1.29, 1.82) is 0 Å². The minimum atomic E-state index is 0.0558. The fourth-order valence-electron chi connectivity index (χ4n) is 2.08. The Kier molecular flexibility index (Phi) is 4.98. The first kappa shape index (κ1) is 13.6. The highest BCUT2D eigenvalue weighted by molar-refractivity contribution is 5.07. The number of aryl methyl sites for hydroxylation is 2. The average molecular weight is 259 g/mol. The highest BCUT2D eigenvalue weighted by atomic mass is 16.1. The van der Waals surface area contributed by atoms with Gasteiger partial charge in [0, 0.05) is 43.8 Å². The quantitative estimate of drug-likeness (QED) is 0.771. The summed E-state index contributed by atoms with van der Waals surface area (Å²) in [4.78, 5) is 11.6. The molecule has 2 aromatic rings. The minimum absolute atomic E-state index is 0.0558. The van der Waals surface area contributed by atoms with Gasteiger partial charge in [-0.15, -0.1) is 0 Å². The molecule has 19 heavy (non-hydrogen) atoms. The molecule has 0 aliphatic heterocycles. The summed E-state index contributed by atoms with van der Waals surface area (Å²) >= 11 is 0. The van der Waals surface area contributed by atoms with E-state index < -0.39 is 0 Å². The van der Waals surface area contributed by atoms with Crippen LogP contribution in [0.2, 0.25) is 0 Å². The molecule has 0 spiro atoms. The van der Waals surface area contributed by atoms with Gasteiger partial charge in [-0.25, -0.2) is 0 Å². The predicted octanol–water partition coefficient (Wildman–Crippen LogP) is 1.85. The maximum Gasteiger partial charge on any atom is 0.250 e. The van der Waals surface area contributed by atoms with Crippen LogP contribution in [0.15, 0.2) is 47.5 Å². The average Bonchev–Trinajstić information content (AvgIpc) is 2.86. The van der Waals surface area contributed by atoms with E-state index in [1.807, 2.05) is 12.3 Å². The summed E-state index contributed by atoms with van der Waals surface area (Å²) in [5, 5.41) is 3.40. The van der Waals surface area contributed by atoms with Crippen LogP contribution in [0.3, 0.4) is 0 Å². The smallest absolute Gasteiger partial charge is 0.250 e. The lowest BCUT2D eigenvalue weighted by Gasteiger charge is -2.11. The Morgan fingerprint density at radius 1 is 1.05 bits per heavy atom. The van der Waals surface area contributed by atoms with Crippen molar-refractivity contribution in [3.8, 4) is 0 Å². The van der Waals surface area contributed by atoms with Gasteiger partial charge in [0.05, 0.1) is 0 Å². The zero-order chi connectivity index (χ0) is 13.5. The third-order valence-corrected chi connectivity index (χ3v) is 3.14. The van der Waals surface area contributed by atoms with Crippen molar-refractivity contribution in [3.05, 3.63) is 58.8 Å². The molecule has 102 valence electrons. The van der Waals surface area contributed by atoms with Gasteiger partial charge in [0.15, 0.2) is 0 Å². The van der Waals surface area contributed by atoms with Crippen LogP contribution in [-0.4, -0.2) is 15.7 Å². The van der Waals surface area contributed by atoms with Crippen LogP contribution in [0.5, 0.6) is 0 Å². The highest BCUT2D eigenvalue weighted by Gasteiger charge is 2.01. The first-order chi connectivity index (χ1) is 9.31. The Morgan fingerprint density at radius 2 is 1.84 bits per heavy atom. The van der Waals surface area contributed by atoms with E-state index in [0.29, 0.717) is 6.54 Å². The van der Waals surface area contributed by atoms with Crippen LogP contribution in [0.25, 0.3) is 0 Å². The SMILES string of the molecule is CCCNCc1cccn1CCn1ccccc1=O. The molecule has 2 aromatic heterocycles. The Labute approximate surface area is 113 Å². The zero-order valence-electron chi connectivity index (χ0n) is 11.4. The summed E-state index contributed by atoms with van der Waals surface area (Å²) in [6.45, 7) is 5.59. The topological polar surface area (TPSA) is 39.0 Å². The van der Waals surface area contributed by atoms with Crippen LogP contribution in [-0.2, 0) is 19.6 Å². The lowest BCUT2D eigenvalue weighted by atomic mass is 10.4. The number of hydrogen-bond donors (Lipinski definition) is 1. The van der Waals surface area contributed by atoms with E-state index in [1.54, 1.807) is 16.7 Å². The molecule has 4 nitrogen and oxygen atoms in total. The molecule has 2 heterocycles. The molecule has 2 rings (SSSR count). The van der Waals surface area contributed by atoms with Gasteiger partial charge < -0.3 is 14.5 Å². The molecular formula is C15H21N3O. The summed E-state index contributed by atoms with van der Waals surface area (Å²) < 4.78 is 3.94. The maximum absolute atomic E-state index is 11.6. The number of nitrogens with zero attached hydrogens (tertiary/aromatic N) is 2. The molecule has 1 N–H and O–H groups in total. The first-order valence-corrected chi connectivity index (χ1v) is 6.81. The van der Waals surface area contributed by atoms with Crippen molar-refractivity contribution in [2.24, 2.45) is 0 Å². The summed E-state index contributed by atoms with van der Waals surface area (Å²) in [6, 6.07) is 9.43. The number of nitrogens with one attached hydrogen (secondary N) is 1. The van der Waals surface area contributed by atoms with Gasteiger partial charge in [-0.2, -0.15) is 0 Å². The Bertz CT molecular complexity index is 556. The fourth-order valence-corrected chi connectivity index (χ4v) is 2.08. The van der Waals surface area contributed by atoms with Crippen LogP contribution in [0.4, 0.5) is 0 Å². The fraction of sp³-hybridized carbons (Fsp3) is 0.400. The van der Waals surface area contributed by atoms with E-state index in [4.69, 9.17) is 0 Å². The molecule has 0 aliphatic carbocycles. The van der Waals surface area contributed by atoms with E-state index in [9.17, 15) is 4.79 Å². The molecule has 0 bridgehead atoms. The van der Waals surface area contributed by atoms with Gasteiger partial charge in [0.25, 0.3) is 5.56 Å². The number of hydrogen-bond acceptors (Lipinski definition) is 2. The number of aromatic nitrogens is 2. The Morgan fingerprint density at radius 3 is 2.63 bits per heavy atom. The normalized spacial score (nSPS) is 10.8. The van der Waals surface area contributed by atoms with Gasteiger partial charge in [-0.1, -0.05) is 13.0 Å². The monoisotopic (exact) mass is 259 g/mol. The summed E-state index contributed by atoms with van der Waals surface area (Å²) in [7, 11) is 0. The van der Waals surface area contributed by atoms with Gasteiger partial charge in [-0.3, -0.25) is 4.79 Å². The van der Waals surface area contributed by atoms with Crippen molar-refractivity contribution in [2.45, 2.75) is 33.0 Å². The summed E-state index contributed by atoms with van der Waals surface area (Å²) in [6.07, 6.45) is 5.04. The lowest BCUT2D eigenvalue weighted by Crippen LogP contribution is -2.22. The second-order valence-corrected chi connectivity index (χ2v) is 4.60. The second-order valence-electron chi connectivity index (χ2n) is 4.60. The van der Waals surface area contributed by atoms with E-state index in [2.05, 4.69) is 35.1 Å². The Balaban J connectivity index is 1.95. The minimum Gasteiger partial charge on any atom is -0.348 e. The molecule has 0 atom stereocenters. The lowest BCUT2D eigenvalue weighted by molar-refractivity contribution is 0.538. The molecule has 0 fully saturated rings. The van der Waals surface area contributed by atoms with Crippen molar-refractivity contribution >= 4 is 0 Å². The van der Waals surface area contributed by atoms with Crippen molar-refractivity contribution in [1.82, 2.24) is 14.5 Å². The van der Waals surface area contributed by atoms with E-state index in [-0.39, 0.29) is 5.56 Å². The largest absolute Gasteiger partial charge is 0.348 e. The van der Waals surface area contributed by atoms with E-state index in [1.165, 1.54) is 5.69 Å². The molecule has 0 saturated carbocycles. The molecule has 0 radical (unpaired) electrons. The third kappa shape index (κ3) is 3.83. The zero-order valence-corrected chi connectivity index (χ0v) is 11.4. The maximum atomic E-state index is 11.6. The molecule has 0 unspecified atom stereocenters. The molecule has 0 saturated heterocycles. The van der Waals surface area contributed by atoms with Gasteiger partial charge in [-0.05, 0) is 31.2 Å². The van der Waals surface area contributed by atoms with Crippen LogP contribution < -0.4 is 10.9 Å². The molecular weight excluding hydrogens is 238 g/mol. The van der Waals surface area contributed by atoms with Gasteiger partial charge in [0.2, 0.25) is 0 Å². The number of pyridine rings is 1. The van der Waals surface area contributed by atoms with Crippen LogP contribution in [0, 0.1) is 0 Å². The molecule has 0 aliphatic rings. The van der Waals surface area contributed by atoms with E-state index >= 15 is 0 Å². The summed E-state index contributed by atoms with van der Waals surface area (Å²) in [5.74, 6) is 0. The molecule has 0 aromatic carbocycles. The first-order valence-electron chi connectivity index (χ1n) is 6.81. The summed E-state index contributed by atoms with van der Waals surface area (Å²) in [5.41, 5.74) is 1.32. The van der Waals surface area contributed by atoms with Gasteiger partial charge >= 0.3 is 0 Å². The second kappa shape index (κ2) is 6.95. The van der Waals surface area contributed by atoms with Crippen LogP contribution >= 0.6 is 0 Å². The van der Waals surface area contributed by atoms with Crippen molar-refractivity contribution in [2.75, 3.05) is 6.54 Å². The van der Waals surface area contributed by atoms with Crippen molar-refractivity contribution < 1.29 is 0 Å². The van der Waals surface area contributed by atoms with Crippen LogP contribution in [0.1, 0.15) is 19.0 Å².